The third kappa shape index (κ3) is 8.85. The van der Waals surface area contributed by atoms with E-state index in [0.717, 1.165) is 12.2 Å². The molecule has 0 aliphatic rings. The summed E-state index contributed by atoms with van der Waals surface area (Å²) in [6.45, 7) is 5.20. The van der Waals surface area contributed by atoms with E-state index in [1.807, 2.05) is 6.26 Å². The van der Waals surface area contributed by atoms with Crippen LogP contribution in [0.1, 0.15) is 33.6 Å². The Bertz CT molecular complexity index is 263. The molecule has 100 valence electrons. The van der Waals surface area contributed by atoms with Crippen LogP contribution in [-0.4, -0.2) is 40.8 Å². The van der Waals surface area contributed by atoms with Crippen LogP contribution in [0.5, 0.6) is 0 Å². The van der Waals surface area contributed by atoms with E-state index in [1.165, 1.54) is 0 Å². The van der Waals surface area contributed by atoms with Crippen molar-refractivity contribution in [2.75, 3.05) is 12.0 Å². The number of carbonyl (C=O) groups excluding carboxylic acids is 1. The number of carboxylic acids is 1. The number of carboxylic acid groups (broad SMARTS) is 1. The minimum atomic E-state index is -1.03. The van der Waals surface area contributed by atoms with E-state index in [0.29, 0.717) is 6.42 Å². The molecule has 0 radical (unpaired) electrons. The largest absolute Gasteiger partial charge is 0.480 e. The number of rotatable bonds is 6. The highest BCUT2D eigenvalue weighted by atomic mass is 32.2. The SMILES string of the molecule is CSCCC[C@@H](NC(=O)OC(C)(C)C)C(=O)O. The van der Waals surface area contributed by atoms with Crippen LogP contribution in [0.4, 0.5) is 4.79 Å². The van der Waals surface area contributed by atoms with Gasteiger partial charge in [0.2, 0.25) is 0 Å². The zero-order valence-corrected chi connectivity index (χ0v) is 11.6. The fourth-order valence-electron chi connectivity index (χ4n) is 1.14. The topological polar surface area (TPSA) is 75.6 Å². The van der Waals surface area contributed by atoms with E-state index in [2.05, 4.69) is 5.32 Å². The lowest BCUT2D eigenvalue weighted by molar-refractivity contribution is -0.139. The molecular weight excluding hydrogens is 242 g/mol. The fraction of sp³-hybridized carbons (Fsp3) is 0.818. The van der Waals surface area contributed by atoms with Crippen molar-refractivity contribution in [1.82, 2.24) is 5.32 Å². The first kappa shape index (κ1) is 16.1. The zero-order chi connectivity index (χ0) is 13.5. The Balaban J connectivity index is 4.16. The van der Waals surface area contributed by atoms with E-state index in [1.54, 1.807) is 32.5 Å². The first-order valence-corrected chi connectivity index (χ1v) is 6.87. The summed E-state index contributed by atoms with van der Waals surface area (Å²) in [5.74, 6) is -0.156. The summed E-state index contributed by atoms with van der Waals surface area (Å²) in [5, 5.41) is 11.3. The van der Waals surface area contributed by atoms with Gasteiger partial charge in [-0.15, -0.1) is 0 Å². The normalized spacial score (nSPS) is 12.9. The molecule has 0 fully saturated rings. The van der Waals surface area contributed by atoms with Crippen molar-refractivity contribution in [3.05, 3.63) is 0 Å². The molecule has 0 heterocycles. The van der Waals surface area contributed by atoms with Crippen LogP contribution in [0, 0.1) is 0 Å². The molecule has 0 saturated carbocycles. The molecule has 0 aromatic rings. The number of alkyl carbamates (subject to hydrolysis) is 1. The summed E-state index contributed by atoms with van der Waals surface area (Å²) in [4.78, 5) is 22.3. The average Bonchev–Trinajstić information content (AvgIpc) is 2.13. The Labute approximate surface area is 106 Å². The van der Waals surface area contributed by atoms with Crippen molar-refractivity contribution in [2.45, 2.75) is 45.3 Å². The first-order chi connectivity index (χ1) is 7.76. The van der Waals surface area contributed by atoms with Gasteiger partial charge in [-0.1, -0.05) is 0 Å². The van der Waals surface area contributed by atoms with E-state index in [4.69, 9.17) is 9.84 Å². The number of hydrogen-bond acceptors (Lipinski definition) is 4. The Morgan fingerprint density at radius 3 is 2.41 bits per heavy atom. The van der Waals surface area contributed by atoms with E-state index in [9.17, 15) is 9.59 Å². The van der Waals surface area contributed by atoms with Crippen molar-refractivity contribution in [1.29, 1.82) is 0 Å². The van der Waals surface area contributed by atoms with E-state index >= 15 is 0 Å². The first-order valence-electron chi connectivity index (χ1n) is 5.47. The Hall–Kier alpha value is -0.910. The second-order valence-electron chi connectivity index (χ2n) is 4.67. The van der Waals surface area contributed by atoms with Gasteiger partial charge < -0.3 is 15.2 Å². The van der Waals surface area contributed by atoms with Gasteiger partial charge >= 0.3 is 12.1 Å². The molecule has 0 aliphatic heterocycles. The summed E-state index contributed by atoms with van der Waals surface area (Å²) < 4.78 is 5.01. The monoisotopic (exact) mass is 263 g/mol. The van der Waals surface area contributed by atoms with Gasteiger partial charge in [-0.2, -0.15) is 11.8 Å². The summed E-state index contributed by atoms with van der Waals surface area (Å²) >= 11 is 1.65. The minimum absolute atomic E-state index is 0.412. The molecular formula is C11H21NO4S. The van der Waals surface area contributed by atoms with Crippen LogP contribution in [0.15, 0.2) is 0 Å². The maximum absolute atomic E-state index is 11.4. The minimum Gasteiger partial charge on any atom is -0.480 e. The maximum atomic E-state index is 11.4. The van der Waals surface area contributed by atoms with Crippen LogP contribution >= 0.6 is 11.8 Å². The van der Waals surface area contributed by atoms with E-state index < -0.39 is 23.7 Å². The van der Waals surface area contributed by atoms with Crippen LogP contribution in [0.2, 0.25) is 0 Å². The Morgan fingerprint density at radius 2 is 2.00 bits per heavy atom. The molecule has 2 N–H and O–H groups in total. The van der Waals surface area contributed by atoms with Gasteiger partial charge in [-0.25, -0.2) is 9.59 Å². The van der Waals surface area contributed by atoms with Crippen LogP contribution in [0.3, 0.4) is 0 Å². The van der Waals surface area contributed by atoms with E-state index in [-0.39, 0.29) is 0 Å². The van der Waals surface area contributed by atoms with Crippen molar-refractivity contribution in [2.24, 2.45) is 0 Å². The maximum Gasteiger partial charge on any atom is 0.408 e. The molecule has 0 unspecified atom stereocenters. The van der Waals surface area contributed by atoms with Crippen LogP contribution in [0.25, 0.3) is 0 Å². The number of aliphatic carboxylic acids is 1. The molecule has 1 amide bonds. The lowest BCUT2D eigenvalue weighted by atomic mass is 10.2. The summed E-state index contributed by atoms with van der Waals surface area (Å²) in [6.07, 6.45) is 2.43. The molecule has 0 spiro atoms. The number of hydrogen-bond donors (Lipinski definition) is 2. The van der Waals surface area contributed by atoms with Crippen molar-refractivity contribution in [3.63, 3.8) is 0 Å². The fourth-order valence-corrected chi connectivity index (χ4v) is 1.59. The molecule has 0 aromatic heterocycles. The van der Waals surface area contributed by atoms with Gasteiger partial charge in [0.05, 0.1) is 0 Å². The van der Waals surface area contributed by atoms with Crippen LogP contribution < -0.4 is 5.32 Å². The van der Waals surface area contributed by atoms with Gasteiger partial charge in [0.1, 0.15) is 11.6 Å². The van der Waals surface area contributed by atoms with Crippen molar-refractivity contribution >= 4 is 23.8 Å². The molecule has 1 atom stereocenters. The van der Waals surface area contributed by atoms with Gasteiger partial charge in [-0.05, 0) is 45.6 Å². The summed E-state index contributed by atoms with van der Waals surface area (Å²) in [7, 11) is 0. The summed E-state index contributed by atoms with van der Waals surface area (Å²) in [6, 6.07) is -0.878. The average molecular weight is 263 g/mol. The molecule has 0 rings (SSSR count). The van der Waals surface area contributed by atoms with Crippen LogP contribution in [-0.2, 0) is 9.53 Å². The van der Waals surface area contributed by atoms with Gasteiger partial charge in [0.15, 0.2) is 0 Å². The molecule has 0 aromatic carbocycles. The second kappa shape index (κ2) is 7.42. The highest BCUT2D eigenvalue weighted by molar-refractivity contribution is 7.98. The highest BCUT2D eigenvalue weighted by Crippen LogP contribution is 2.08. The predicted molar refractivity (Wildman–Crippen MR) is 68.4 cm³/mol. The molecule has 0 aliphatic carbocycles. The van der Waals surface area contributed by atoms with Crippen molar-refractivity contribution < 1.29 is 19.4 Å². The number of thioether (sulfide) groups is 1. The van der Waals surface area contributed by atoms with Crippen molar-refractivity contribution in [3.8, 4) is 0 Å². The number of amides is 1. The number of nitrogens with one attached hydrogen (secondary N) is 1. The molecule has 5 nitrogen and oxygen atoms in total. The Morgan fingerprint density at radius 1 is 1.41 bits per heavy atom. The lowest BCUT2D eigenvalue weighted by Gasteiger charge is -2.21. The van der Waals surface area contributed by atoms with Gasteiger partial charge in [-0.3, -0.25) is 0 Å². The summed E-state index contributed by atoms with van der Waals surface area (Å²) in [5.41, 5.74) is -0.619. The standard InChI is InChI=1S/C11H21NO4S/c1-11(2,3)16-10(15)12-8(9(13)14)6-5-7-17-4/h8H,5-7H2,1-4H3,(H,12,15)(H,13,14)/t8-/m1/s1. The molecule has 17 heavy (non-hydrogen) atoms. The number of carbonyl (C=O) groups is 2. The smallest absolute Gasteiger partial charge is 0.408 e. The lowest BCUT2D eigenvalue weighted by Crippen LogP contribution is -2.43. The predicted octanol–water partition coefficient (Wildman–Crippen LogP) is 2.11. The molecule has 0 saturated heterocycles. The molecule has 0 bridgehead atoms. The zero-order valence-electron chi connectivity index (χ0n) is 10.8. The molecule has 6 heteroatoms. The number of ether oxygens (including phenoxy) is 1. The highest BCUT2D eigenvalue weighted by Gasteiger charge is 2.23. The third-order valence-corrected chi connectivity index (χ3v) is 2.53. The van der Waals surface area contributed by atoms with Gasteiger partial charge in [0, 0.05) is 0 Å². The second-order valence-corrected chi connectivity index (χ2v) is 5.66. The van der Waals surface area contributed by atoms with Gasteiger partial charge in [0.25, 0.3) is 0 Å². The Kier molecular flexibility index (Phi) is 7.03. The third-order valence-electron chi connectivity index (χ3n) is 1.83. The quantitative estimate of drug-likeness (QED) is 0.718.